The van der Waals surface area contributed by atoms with Crippen molar-refractivity contribution in [2.75, 3.05) is 6.54 Å². The molecule has 2 heterocycles. The van der Waals surface area contributed by atoms with Gasteiger partial charge in [0.2, 0.25) is 12.3 Å². The molecule has 0 aliphatic heterocycles. The molecular formula is C17H16N4O4. The molecule has 0 aliphatic rings. The van der Waals surface area contributed by atoms with E-state index in [2.05, 4.69) is 20.5 Å². The summed E-state index contributed by atoms with van der Waals surface area (Å²) in [5, 5.41) is 20.0. The van der Waals surface area contributed by atoms with Crippen molar-refractivity contribution in [2.24, 2.45) is 0 Å². The van der Waals surface area contributed by atoms with Crippen LogP contribution in [0, 0.1) is 0 Å². The van der Waals surface area contributed by atoms with Gasteiger partial charge in [-0.05, 0) is 30.2 Å². The molecule has 0 saturated carbocycles. The zero-order valence-electron chi connectivity index (χ0n) is 13.5. The maximum atomic E-state index is 11.7. The number of hydrogen-bond acceptors (Lipinski definition) is 7. The van der Waals surface area contributed by atoms with Crippen LogP contribution in [-0.2, 0) is 0 Å². The third-order valence-corrected chi connectivity index (χ3v) is 3.30. The largest absolute Gasteiger partial charge is 0.508 e. The van der Waals surface area contributed by atoms with Gasteiger partial charge in [-0.2, -0.15) is 0 Å². The Morgan fingerprint density at radius 3 is 2.80 bits per heavy atom. The fraction of sp³-hybridized carbons (Fsp3) is 0.176. The van der Waals surface area contributed by atoms with E-state index in [9.17, 15) is 9.90 Å². The van der Waals surface area contributed by atoms with E-state index in [1.807, 2.05) is 6.92 Å². The van der Waals surface area contributed by atoms with Crippen molar-refractivity contribution < 1.29 is 19.1 Å². The molecule has 1 aromatic carbocycles. The predicted octanol–water partition coefficient (Wildman–Crippen LogP) is 3.00. The van der Waals surface area contributed by atoms with E-state index in [0.29, 0.717) is 29.1 Å². The Morgan fingerprint density at radius 2 is 2.04 bits per heavy atom. The lowest BCUT2D eigenvalue weighted by atomic mass is 10.1. The number of nitrogens with zero attached hydrogens (tertiary/aromatic N) is 3. The van der Waals surface area contributed by atoms with Gasteiger partial charge in [0.25, 0.3) is 0 Å². The number of ether oxygens (including phenoxy) is 1. The number of pyridine rings is 1. The van der Waals surface area contributed by atoms with Gasteiger partial charge < -0.3 is 19.6 Å². The number of nitrogens with one attached hydrogen (secondary N) is 1. The Bertz CT molecular complexity index is 865. The summed E-state index contributed by atoms with van der Waals surface area (Å²) in [6, 6.07) is 6.34. The Hall–Kier alpha value is -3.42. The first-order valence-electron chi connectivity index (χ1n) is 7.67. The second kappa shape index (κ2) is 7.43. The third-order valence-electron chi connectivity index (χ3n) is 3.30. The van der Waals surface area contributed by atoms with Gasteiger partial charge in [0.15, 0.2) is 0 Å². The Labute approximate surface area is 143 Å². The summed E-state index contributed by atoms with van der Waals surface area (Å²) in [6.07, 6.45) is 4.67. The second-order valence-electron chi connectivity index (χ2n) is 5.24. The van der Waals surface area contributed by atoms with Gasteiger partial charge >= 0.3 is 6.09 Å². The molecule has 3 aromatic rings. The van der Waals surface area contributed by atoms with E-state index in [1.165, 1.54) is 12.5 Å². The van der Waals surface area contributed by atoms with E-state index in [1.54, 1.807) is 30.6 Å². The molecule has 3 rings (SSSR count). The lowest BCUT2D eigenvalue weighted by Crippen LogP contribution is -2.27. The fourth-order valence-corrected chi connectivity index (χ4v) is 2.19. The smallest absolute Gasteiger partial charge is 0.412 e. The molecule has 0 fully saturated rings. The molecule has 0 saturated heterocycles. The van der Waals surface area contributed by atoms with Crippen LogP contribution in [0.5, 0.6) is 11.5 Å². The van der Waals surface area contributed by atoms with E-state index >= 15 is 0 Å². The molecular weight excluding hydrogens is 324 g/mol. The summed E-state index contributed by atoms with van der Waals surface area (Å²) in [7, 11) is 0. The molecule has 8 nitrogen and oxygen atoms in total. The Balaban J connectivity index is 1.87. The number of amides is 1. The number of hydrogen-bond donors (Lipinski definition) is 2. The van der Waals surface area contributed by atoms with Gasteiger partial charge in [0.05, 0.1) is 5.56 Å². The highest BCUT2D eigenvalue weighted by molar-refractivity contribution is 5.74. The molecule has 2 aromatic heterocycles. The van der Waals surface area contributed by atoms with Crippen LogP contribution in [0.15, 0.2) is 47.5 Å². The summed E-state index contributed by atoms with van der Waals surface area (Å²) in [5.41, 5.74) is 1.97. The van der Waals surface area contributed by atoms with Gasteiger partial charge in [-0.15, -0.1) is 10.2 Å². The summed E-state index contributed by atoms with van der Waals surface area (Å²) in [4.78, 5) is 15.8. The number of carbonyl (C=O) groups excluding carboxylic acids is 1. The van der Waals surface area contributed by atoms with Gasteiger partial charge in [0, 0.05) is 30.6 Å². The molecule has 0 bridgehead atoms. The maximum absolute atomic E-state index is 11.7. The minimum atomic E-state index is -0.573. The number of aromatic hydroxyl groups is 1. The van der Waals surface area contributed by atoms with Gasteiger partial charge in [-0.1, -0.05) is 6.92 Å². The van der Waals surface area contributed by atoms with E-state index in [0.717, 1.165) is 6.42 Å². The highest BCUT2D eigenvalue weighted by atomic mass is 16.6. The first-order chi connectivity index (χ1) is 12.2. The van der Waals surface area contributed by atoms with Crippen LogP contribution in [-0.4, -0.2) is 32.9 Å². The number of aromatic nitrogens is 3. The average Bonchev–Trinajstić information content (AvgIpc) is 3.14. The number of phenols is 1. The SMILES string of the molecule is CCCNC(=O)Oc1cc(O)cc(-c2cncc(-c3nnco3)c2)c1. The Kier molecular flexibility index (Phi) is 4.89. The zero-order valence-corrected chi connectivity index (χ0v) is 13.5. The van der Waals surface area contributed by atoms with Crippen LogP contribution < -0.4 is 10.1 Å². The molecule has 2 N–H and O–H groups in total. The average molecular weight is 340 g/mol. The van der Waals surface area contributed by atoms with Crippen molar-refractivity contribution in [1.82, 2.24) is 20.5 Å². The predicted molar refractivity (Wildman–Crippen MR) is 88.9 cm³/mol. The number of rotatable bonds is 5. The van der Waals surface area contributed by atoms with Gasteiger partial charge in [-0.3, -0.25) is 4.98 Å². The lowest BCUT2D eigenvalue weighted by Gasteiger charge is -2.09. The summed E-state index contributed by atoms with van der Waals surface area (Å²) < 4.78 is 10.3. The number of benzene rings is 1. The molecule has 0 unspecified atom stereocenters. The van der Waals surface area contributed by atoms with Crippen molar-refractivity contribution in [3.05, 3.63) is 43.1 Å². The second-order valence-corrected chi connectivity index (χ2v) is 5.24. The zero-order chi connectivity index (χ0) is 17.6. The normalized spacial score (nSPS) is 10.4. The van der Waals surface area contributed by atoms with Crippen LogP contribution in [0.4, 0.5) is 4.79 Å². The Morgan fingerprint density at radius 1 is 1.20 bits per heavy atom. The maximum Gasteiger partial charge on any atom is 0.412 e. The summed E-state index contributed by atoms with van der Waals surface area (Å²) in [5.74, 6) is 0.538. The minimum absolute atomic E-state index is 0.0287. The van der Waals surface area contributed by atoms with Crippen LogP contribution in [0.1, 0.15) is 13.3 Å². The summed E-state index contributed by atoms with van der Waals surface area (Å²) in [6.45, 7) is 2.46. The molecule has 1 amide bonds. The third kappa shape index (κ3) is 4.11. The number of phenolic OH excluding ortho intramolecular Hbond substituents is 1. The van der Waals surface area contributed by atoms with Crippen molar-refractivity contribution in [3.63, 3.8) is 0 Å². The van der Waals surface area contributed by atoms with Crippen molar-refractivity contribution in [1.29, 1.82) is 0 Å². The number of carbonyl (C=O) groups is 1. The first-order valence-corrected chi connectivity index (χ1v) is 7.67. The highest BCUT2D eigenvalue weighted by Crippen LogP contribution is 2.30. The van der Waals surface area contributed by atoms with Gasteiger partial charge in [-0.25, -0.2) is 4.79 Å². The molecule has 0 atom stereocenters. The fourth-order valence-electron chi connectivity index (χ4n) is 2.19. The first kappa shape index (κ1) is 16.4. The highest BCUT2D eigenvalue weighted by Gasteiger charge is 2.10. The molecule has 25 heavy (non-hydrogen) atoms. The van der Waals surface area contributed by atoms with Crippen LogP contribution in [0.2, 0.25) is 0 Å². The topological polar surface area (TPSA) is 110 Å². The van der Waals surface area contributed by atoms with E-state index in [4.69, 9.17) is 9.15 Å². The minimum Gasteiger partial charge on any atom is -0.508 e. The van der Waals surface area contributed by atoms with Crippen LogP contribution in [0.3, 0.4) is 0 Å². The van der Waals surface area contributed by atoms with Gasteiger partial charge in [0.1, 0.15) is 11.5 Å². The lowest BCUT2D eigenvalue weighted by molar-refractivity contribution is 0.200. The van der Waals surface area contributed by atoms with Crippen LogP contribution >= 0.6 is 0 Å². The van der Waals surface area contributed by atoms with Crippen molar-refractivity contribution >= 4 is 6.09 Å². The van der Waals surface area contributed by atoms with E-state index < -0.39 is 6.09 Å². The molecule has 128 valence electrons. The van der Waals surface area contributed by atoms with Crippen molar-refractivity contribution in [3.8, 4) is 34.1 Å². The monoisotopic (exact) mass is 340 g/mol. The van der Waals surface area contributed by atoms with Crippen LogP contribution in [0.25, 0.3) is 22.6 Å². The molecule has 0 radical (unpaired) electrons. The summed E-state index contributed by atoms with van der Waals surface area (Å²) >= 11 is 0. The molecule has 8 heteroatoms. The quantitative estimate of drug-likeness (QED) is 0.734. The standard InChI is InChI=1S/C17H16N4O4/c1-2-3-19-17(23)25-15-6-11(5-14(22)7-15)12-4-13(9-18-8-12)16-21-20-10-24-16/h4-10,22H,2-3H2,1H3,(H,19,23). The molecule has 0 spiro atoms. The van der Waals surface area contributed by atoms with E-state index in [-0.39, 0.29) is 11.5 Å². The molecule has 0 aliphatic carbocycles. The van der Waals surface area contributed by atoms with Crippen molar-refractivity contribution in [2.45, 2.75) is 13.3 Å².